The summed E-state index contributed by atoms with van der Waals surface area (Å²) in [5.41, 5.74) is 1.67. The van der Waals surface area contributed by atoms with Gasteiger partial charge < -0.3 is 14.8 Å². The molecule has 0 aliphatic carbocycles. The number of amides is 3. The number of rotatable bonds is 9. The van der Waals surface area contributed by atoms with E-state index in [-0.39, 0.29) is 24.0 Å². The Kier molecular flexibility index (Phi) is 9.22. The van der Waals surface area contributed by atoms with Crippen molar-refractivity contribution in [2.24, 2.45) is 0 Å². The number of nitrogens with zero attached hydrogens (tertiary/aromatic N) is 1. The van der Waals surface area contributed by atoms with E-state index in [9.17, 15) is 14.4 Å². The molecule has 1 saturated heterocycles. The smallest absolute Gasteiger partial charge is 0.293 e. The summed E-state index contributed by atoms with van der Waals surface area (Å²) in [6, 6.07) is 16.8. The Morgan fingerprint density at radius 2 is 1.71 bits per heavy atom. The zero-order chi connectivity index (χ0) is 27.2. The lowest BCUT2D eigenvalue weighted by Crippen LogP contribution is -2.27. The van der Waals surface area contributed by atoms with Gasteiger partial charge in [0.25, 0.3) is 17.1 Å². The van der Waals surface area contributed by atoms with E-state index in [0.717, 1.165) is 16.7 Å². The fraction of sp³-hybridized carbons (Fsp3) is 0.148. The van der Waals surface area contributed by atoms with Crippen molar-refractivity contribution in [2.45, 2.75) is 13.5 Å². The summed E-state index contributed by atoms with van der Waals surface area (Å²) in [4.78, 5) is 39.2. The summed E-state index contributed by atoms with van der Waals surface area (Å²) in [5.74, 6) is -0.0800. The van der Waals surface area contributed by atoms with Crippen LogP contribution in [-0.2, 0) is 16.1 Å². The Morgan fingerprint density at radius 3 is 2.42 bits per heavy atom. The maximum atomic E-state index is 13.0. The Bertz CT molecular complexity index is 1410. The van der Waals surface area contributed by atoms with Gasteiger partial charge in [-0.25, -0.2) is 0 Å². The SMILES string of the molecule is CCOc1cc(/C=C2\SC(=O)N(Cc3c(Cl)cccc3Cl)C2=O)ccc1OCC(=O)Nc1cccc(Cl)c1. The summed E-state index contributed by atoms with van der Waals surface area (Å²) in [6.45, 7) is 1.88. The second-order valence-corrected chi connectivity index (χ2v) is 10.2. The number of carbonyl (C=O) groups excluding carboxylic acids is 3. The van der Waals surface area contributed by atoms with E-state index in [1.165, 1.54) is 0 Å². The summed E-state index contributed by atoms with van der Waals surface area (Å²) < 4.78 is 11.4. The number of imide groups is 1. The molecule has 196 valence electrons. The fourth-order valence-corrected chi connectivity index (χ4v) is 5.08. The molecule has 1 aliphatic rings. The van der Waals surface area contributed by atoms with Gasteiger partial charge in [0, 0.05) is 26.3 Å². The summed E-state index contributed by atoms with van der Waals surface area (Å²) >= 11 is 19.2. The molecule has 11 heteroatoms. The van der Waals surface area contributed by atoms with E-state index in [4.69, 9.17) is 44.3 Å². The minimum Gasteiger partial charge on any atom is -0.490 e. The third-order valence-electron chi connectivity index (χ3n) is 5.28. The first kappa shape index (κ1) is 27.9. The summed E-state index contributed by atoms with van der Waals surface area (Å²) in [6.07, 6.45) is 1.59. The number of carbonyl (C=O) groups is 3. The molecule has 1 aliphatic heterocycles. The fourth-order valence-electron chi connectivity index (χ4n) is 3.54. The van der Waals surface area contributed by atoms with Gasteiger partial charge in [-0.15, -0.1) is 0 Å². The van der Waals surface area contributed by atoms with E-state index in [0.29, 0.717) is 50.0 Å². The van der Waals surface area contributed by atoms with Gasteiger partial charge in [-0.05, 0) is 72.8 Å². The molecule has 0 spiro atoms. The van der Waals surface area contributed by atoms with Crippen molar-refractivity contribution in [3.05, 3.63) is 91.8 Å². The lowest BCUT2D eigenvalue weighted by molar-refractivity contribution is -0.123. The first-order chi connectivity index (χ1) is 18.2. The Morgan fingerprint density at radius 1 is 0.974 bits per heavy atom. The van der Waals surface area contributed by atoms with Crippen molar-refractivity contribution in [3.8, 4) is 11.5 Å². The zero-order valence-electron chi connectivity index (χ0n) is 20.0. The van der Waals surface area contributed by atoms with Crippen LogP contribution in [0.4, 0.5) is 10.5 Å². The molecule has 0 atom stereocenters. The van der Waals surface area contributed by atoms with Gasteiger partial charge in [0.05, 0.1) is 18.1 Å². The Balaban J connectivity index is 1.46. The monoisotopic (exact) mass is 590 g/mol. The van der Waals surface area contributed by atoms with Crippen LogP contribution >= 0.6 is 46.6 Å². The van der Waals surface area contributed by atoms with E-state index in [2.05, 4.69) is 5.32 Å². The minimum absolute atomic E-state index is 0.0330. The van der Waals surface area contributed by atoms with Crippen LogP contribution in [0.1, 0.15) is 18.1 Å². The maximum Gasteiger partial charge on any atom is 0.293 e. The molecule has 3 aromatic carbocycles. The topological polar surface area (TPSA) is 84.9 Å². The predicted molar refractivity (Wildman–Crippen MR) is 151 cm³/mol. The molecule has 0 radical (unpaired) electrons. The number of thioether (sulfide) groups is 1. The van der Waals surface area contributed by atoms with Crippen LogP contribution in [0.25, 0.3) is 6.08 Å². The van der Waals surface area contributed by atoms with Gasteiger partial charge in [-0.1, -0.05) is 53.0 Å². The highest BCUT2D eigenvalue weighted by atomic mass is 35.5. The number of ether oxygens (including phenoxy) is 2. The van der Waals surface area contributed by atoms with Gasteiger partial charge in [-0.3, -0.25) is 19.3 Å². The molecule has 0 aromatic heterocycles. The van der Waals surface area contributed by atoms with Crippen LogP contribution in [0.15, 0.2) is 65.6 Å². The highest BCUT2D eigenvalue weighted by Crippen LogP contribution is 2.37. The first-order valence-corrected chi connectivity index (χ1v) is 13.3. The van der Waals surface area contributed by atoms with Crippen molar-refractivity contribution in [2.75, 3.05) is 18.5 Å². The predicted octanol–water partition coefficient (Wildman–Crippen LogP) is 7.30. The van der Waals surface area contributed by atoms with Gasteiger partial charge in [0.1, 0.15) is 0 Å². The molecule has 1 heterocycles. The van der Waals surface area contributed by atoms with E-state index in [1.807, 2.05) is 6.92 Å². The lowest BCUT2D eigenvalue weighted by Gasteiger charge is -2.15. The summed E-state index contributed by atoms with van der Waals surface area (Å²) in [7, 11) is 0. The molecule has 7 nitrogen and oxygen atoms in total. The van der Waals surface area contributed by atoms with Crippen LogP contribution in [-0.4, -0.2) is 35.2 Å². The Hall–Kier alpha value is -3.17. The second-order valence-electron chi connectivity index (χ2n) is 7.95. The van der Waals surface area contributed by atoms with Gasteiger partial charge in [0.15, 0.2) is 18.1 Å². The van der Waals surface area contributed by atoms with Gasteiger partial charge in [-0.2, -0.15) is 0 Å². The molecule has 0 saturated carbocycles. The third kappa shape index (κ3) is 6.82. The number of hydrogen-bond donors (Lipinski definition) is 1. The molecule has 0 unspecified atom stereocenters. The molecule has 3 aromatic rings. The van der Waals surface area contributed by atoms with E-state index >= 15 is 0 Å². The van der Waals surface area contributed by atoms with Gasteiger partial charge >= 0.3 is 0 Å². The molecule has 0 bridgehead atoms. The van der Waals surface area contributed by atoms with E-state index < -0.39 is 11.1 Å². The van der Waals surface area contributed by atoms with Crippen LogP contribution in [0, 0.1) is 0 Å². The molecule has 4 rings (SSSR count). The highest BCUT2D eigenvalue weighted by Gasteiger charge is 2.35. The van der Waals surface area contributed by atoms with Crippen molar-refractivity contribution in [1.29, 1.82) is 0 Å². The van der Waals surface area contributed by atoms with Crippen LogP contribution < -0.4 is 14.8 Å². The maximum absolute atomic E-state index is 13.0. The van der Waals surface area contributed by atoms with Crippen LogP contribution in [0.2, 0.25) is 15.1 Å². The standard InChI is InChI=1S/C27H21Cl3N2O5S/c1-2-36-23-11-16(9-10-22(23)37-15-25(33)31-18-6-3-5-17(28)13-18)12-24-26(34)32(27(35)38-24)14-19-20(29)7-4-8-21(19)30/h3-13H,2,14-15H2,1H3,(H,31,33)/b24-12-. The highest BCUT2D eigenvalue weighted by molar-refractivity contribution is 8.18. The quantitative estimate of drug-likeness (QED) is 0.263. The third-order valence-corrected chi connectivity index (χ3v) is 7.13. The number of halogens is 3. The zero-order valence-corrected chi connectivity index (χ0v) is 23.1. The average molecular weight is 592 g/mol. The molecule has 38 heavy (non-hydrogen) atoms. The number of anilines is 1. The van der Waals surface area contributed by atoms with Crippen molar-refractivity contribution >= 4 is 75.4 Å². The Labute approximate surface area is 238 Å². The number of nitrogens with one attached hydrogen (secondary N) is 1. The van der Waals surface area contributed by atoms with Crippen molar-refractivity contribution < 1.29 is 23.9 Å². The number of benzene rings is 3. The second kappa shape index (κ2) is 12.6. The van der Waals surface area contributed by atoms with Crippen LogP contribution in [0.3, 0.4) is 0 Å². The largest absolute Gasteiger partial charge is 0.490 e. The normalized spacial score (nSPS) is 14.2. The molecular formula is C27H21Cl3N2O5S. The van der Waals surface area contributed by atoms with Gasteiger partial charge in [0.2, 0.25) is 0 Å². The lowest BCUT2D eigenvalue weighted by atomic mass is 10.1. The first-order valence-electron chi connectivity index (χ1n) is 11.4. The number of hydrogen-bond acceptors (Lipinski definition) is 6. The summed E-state index contributed by atoms with van der Waals surface area (Å²) in [5, 5.41) is 3.54. The molecular weight excluding hydrogens is 571 g/mol. The minimum atomic E-state index is -0.452. The van der Waals surface area contributed by atoms with Crippen LogP contribution in [0.5, 0.6) is 11.5 Å². The molecule has 1 fully saturated rings. The van der Waals surface area contributed by atoms with Crippen molar-refractivity contribution in [1.82, 2.24) is 4.90 Å². The average Bonchev–Trinajstić information content (AvgIpc) is 3.13. The van der Waals surface area contributed by atoms with Crippen molar-refractivity contribution in [3.63, 3.8) is 0 Å². The van der Waals surface area contributed by atoms with E-state index in [1.54, 1.807) is 66.7 Å². The molecule has 1 N–H and O–H groups in total. The molecule has 3 amide bonds.